The van der Waals surface area contributed by atoms with Crippen LogP contribution >= 0.6 is 11.6 Å². The van der Waals surface area contributed by atoms with Crippen molar-refractivity contribution in [3.05, 3.63) is 22.7 Å². The van der Waals surface area contributed by atoms with E-state index in [0.717, 1.165) is 25.1 Å². The highest BCUT2D eigenvalue weighted by Gasteiger charge is 2.24. The van der Waals surface area contributed by atoms with E-state index in [9.17, 15) is 5.11 Å². The van der Waals surface area contributed by atoms with Crippen molar-refractivity contribution in [1.29, 1.82) is 0 Å². The molecule has 3 N–H and O–H groups in total. The monoisotopic (exact) mass is 328 g/mol. The summed E-state index contributed by atoms with van der Waals surface area (Å²) in [5.74, 6) is 1.51. The molecule has 6 heteroatoms. The Kier molecular flexibility index (Phi) is 6.76. The number of hydrogen-bond donors (Lipinski definition) is 3. The van der Waals surface area contributed by atoms with E-state index in [2.05, 4.69) is 10.6 Å². The van der Waals surface area contributed by atoms with Crippen LogP contribution < -0.4 is 20.1 Å². The zero-order chi connectivity index (χ0) is 15.9. The molecular formula is C16H25ClN2O3. The summed E-state index contributed by atoms with van der Waals surface area (Å²) in [6.45, 7) is 5.62. The quantitative estimate of drug-likeness (QED) is 0.679. The van der Waals surface area contributed by atoms with Crippen LogP contribution in [0.2, 0.25) is 5.02 Å². The van der Waals surface area contributed by atoms with Gasteiger partial charge in [-0.1, -0.05) is 18.5 Å². The van der Waals surface area contributed by atoms with Crippen LogP contribution in [0.1, 0.15) is 18.9 Å². The third-order valence-corrected chi connectivity index (χ3v) is 4.06. The van der Waals surface area contributed by atoms with Crippen molar-refractivity contribution < 1.29 is 14.6 Å². The first kappa shape index (κ1) is 17.3. The first-order valence-corrected chi connectivity index (χ1v) is 8.12. The van der Waals surface area contributed by atoms with Gasteiger partial charge in [-0.3, -0.25) is 0 Å². The summed E-state index contributed by atoms with van der Waals surface area (Å²) >= 11 is 6.30. The molecular weight excluding hydrogens is 304 g/mol. The lowest BCUT2D eigenvalue weighted by atomic mass is 10.1. The molecule has 5 nitrogen and oxygen atoms in total. The van der Waals surface area contributed by atoms with E-state index in [-0.39, 0.29) is 12.0 Å². The minimum atomic E-state index is -0.268. The summed E-state index contributed by atoms with van der Waals surface area (Å²) in [6.07, 6.45) is 0.649. The van der Waals surface area contributed by atoms with Gasteiger partial charge in [0.05, 0.1) is 24.8 Å². The lowest BCUT2D eigenvalue weighted by molar-refractivity contribution is 0.146. The largest absolute Gasteiger partial charge is 0.493 e. The Balaban J connectivity index is 1.94. The molecule has 0 amide bonds. The number of β-amino-alcohol motifs (C(OH)–C–C–N with tert-alkyl or cyclic N) is 1. The highest BCUT2D eigenvalue weighted by molar-refractivity contribution is 6.32. The second-order valence-electron chi connectivity index (χ2n) is 5.57. The summed E-state index contributed by atoms with van der Waals surface area (Å²) in [5, 5.41) is 16.9. The molecule has 0 aromatic heterocycles. The molecule has 0 spiro atoms. The maximum Gasteiger partial charge on any atom is 0.179 e. The van der Waals surface area contributed by atoms with Crippen molar-refractivity contribution in [2.75, 3.05) is 33.4 Å². The summed E-state index contributed by atoms with van der Waals surface area (Å²) < 4.78 is 11.0. The lowest BCUT2D eigenvalue weighted by Crippen LogP contribution is -2.30. The Hall–Kier alpha value is -1.01. The van der Waals surface area contributed by atoms with Crippen LogP contribution in [0, 0.1) is 5.92 Å². The standard InChI is InChI=1S/C16H25ClN2O3/c1-3-4-22-16-13(17)5-11(6-15(16)21-2)7-18-8-12-9-19-10-14(12)20/h5-6,12,14,18-20H,3-4,7-10H2,1-2H3. The van der Waals surface area contributed by atoms with Gasteiger partial charge in [-0.25, -0.2) is 0 Å². The zero-order valence-electron chi connectivity index (χ0n) is 13.2. The first-order chi connectivity index (χ1) is 10.7. The van der Waals surface area contributed by atoms with E-state index in [1.165, 1.54) is 0 Å². The minimum Gasteiger partial charge on any atom is -0.493 e. The van der Waals surface area contributed by atoms with Crippen molar-refractivity contribution in [2.24, 2.45) is 5.92 Å². The molecule has 0 aliphatic carbocycles. The third-order valence-electron chi connectivity index (χ3n) is 3.78. The van der Waals surface area contributed by atoms with Gasteiger partial charge < -0.3 is 25.2 Å². The normalized spacial score (nSPS) is 21.1. The number of halogens is 1. The van der Waals surface area contributed by atoms with Crippen LogP contribution in [0.3, 0.4) is 0 Å². The van der Waals surface area contributed by atoms with E-state index in [0.29, 0.717) is 36.2 Å². The Morgan fingerprint density at radius 2 is 2.23 bits per heavy atom. The van der Waals surface area contributed by atoms with Crippen molar-refractivity contribution in [2.45, 2.75) is 26.0 Å². The number of methoxy groups -OCH3 is 1. The first-order valence-electron chi connectivity index (χ1n) is 7.74. The molecule has 2 atom stereocenters. The van der Waals surface area contributed by atoms with Crippen LogP contribution in [-0.4, -0.2) is 44.6 Å². The summed E-state index contributed by atoms with van der Waals surface area (Å²) in [4.78, 5) is 0. The van der Waals surface area contributed by atoms with Gasteiger partial charge in [0, 0.05) is 32.1 Å². The average molecular weight is 329 g/mol. The predicted octanol–water partition coefficient (Wildman–Crippen LogP) is 1.81. The molecule has 1 heterocycles. The fraction of sp³-hybridized carbons (Fsp3) is 0.625. The van der Waals surface area contributed by atoms with Gasteiger partial charge in [0.15, 0.2) is 11.5 Å². The molecule has 1 aromatic carbocycles. The summed E-state index contributed by atoms with van der Waals surface area (Å²) in [5.41, 5.74) is 1.03. The van der Waals surface area contributed by atoms with Crippen molar-refractivity contribution in [3.8, 4) is 11.5 Å². The molecule has 1 aromatic rings. The van der Waals surface area contributed by atoms with Gasteiger partial charge in [0.1, 0.15) is 0 Å². The lowest BCUT2D eigenvalue weighted by Gasteiger charge is -2.16. The van der Waals surface area contributed by atoms with Gasteiger partial charge >= 0.3 is 0 Å². The molecule has 0 saturated carbocycles. The molecule has 0 radical (unpaired) electrons. The fourth-order valence-electron chi connectivity index (χ4n) is 2.55. The molecule has 2 unspecified atom stereocenters. The molecule has 2 rings (SSSR count). The Morgan fingerprint density at radius 1 is 1.41 bits per heavy atom. The van der Waals surface area contributed by atoms with Crippen LogP contribution in [0.5, 0.6) is 11.5 Å². The van der Waals surface area contributed by atoms with Crippen LogP contribution in [0.4, 0.5) is 0 Å². The van der Waals surface area contributed by atoms with Crippen molar-refractivity contribution in [1.82, 2.24) is 10.6 Å². The van der Waals surface area contributed by atoms with Gasteiger partial charge in [-0.2, -0.15) is 0 Å². The highest BCUT2D eigenvalue weighted by Crippen LogP contribution is 2.36. The molecule has 1 aliphatic heterocycles. The topological polar surface area (TPSA) is 62.8 Å². The number of hydrogen-bond acceptors (Lipinski definition) is 5. The minimum absolute atomic E-state index is 0.254. The number of ether oxygens (including phenoxy) is 2. The van der Waals surface area contributed by atoms with Gasteiger partial charge in [-0.05, 0) is 24.1 Å². The Morgan fingerprint density at radius 3 is 2.86 bits per heavy atom. The predicted molar refractivity (Wildman–Crippen MR) is 87.9 cm³/mol. The highest BCUT2D eigenvalue weighted by atomic mass is 35.5. The fourth-order valence-corrected chi connectivity index (χ4v) is 2.84. The van der Waals surface area contributed by atoms with Gasteiger partial charge in [0.25, 0.3) is 0 Å². The molecule has 0 bridgehead atoms. The van der Waals surface area contributed by atoms with Crippen molar-refractivity contribution >= 4 is 11.6 Å². The Labute approximate surface area is 136 Å². The van der Waals surface area contributed by atoms with Crippen LogP contribution in [0.25, 0.3) is 0 Å². The van der Waals surface area contributed by atoms with Gasteiger partial charge in [0.2, 0.25) is 0 Å². The summed E-state index contributed by atoms with van der Waals surface area (Å²) in [7, 11) is 1.61. The number of nitrogens with one attached hydrogen (secondary N) is 2. The smallest absolute Gasteiger partial charge is 0.179 e. The second-order valence-corrected chi connectivity index (χ2v) is 5.98. The van der Waals surface area contributed by atoms with E-state index in [1.54, 1.807) is 7.11 Å². The number of aliphatic hydroxyl groups excluding tert-OH is 1. The molecule has 1 aliphatic rings. The van der Waals surface area contributed by atoms with E-state index < -0.39 is 0 Å². The molecule has 1 saturated heterocycles. The van der Waals surface area contributed by atoms with Crippen LogP contribution in [-0.2, 0) is 6.54 Å². The number of aliphatic hydroxyl groups is 1. The molecule has 22 heavy (non-hydrogen) atoms. The van der Waals surface area contributed by atoms with E-state index >= 15 is 0 Å². The van der Waals surface area contributed by atoms with Crippen LogP contribution in [0.15, 0.2) is 12.1 Å². The number of benzene rings is 1. The molecule has 124 valence electrons. The average Bonchev–Trinajstić information content (AvgIpc) is 2.91. The van der Waals surface area contributed by atoms with E-state index in [4.69, 9.17) is 21.1 Å². The van der Waals surface area contributed by atoms with E-state index in [1.807, 2.05) is 19.1 Å². The maximum atomic E-state index is 9.77. The Bertz CT molecular complexity index is 485. The zero-order valence-corrected chi connectivity index (χ0v) is 13.9. The van der Waals surface area contributed by atoms with Gasteiger partial charge in [-0.15, -0.1) is 0 Å². The molecule has 1 fully saturated rings. The number of rotatable bonds is 8. The second kappa shape index (κ2) is 8.58. The third kappa shape index (κ3) is 4.49. The SMILES string of the molecule is CCCOc1c(Cl)cc(CNCC2CNCC2O)cc1OC. The summed E-state index contributed by atoms with van der Waals surface area (Å²) in [6, 6.07) is 3.83. The van der Waals surface area contributed by atoms with Crippen molar-refractivity contribution in [3.63, 3.8) is 0 Å². The maximum absolute atomic E-state index is 9.77.